The molecule has 2 heteroatoms. The lowest BCUT2D eigenvalue weighted by Crippen LogP contribution is -2.48. The molecule has 1 rings (SSSR count). The van der Waals surface area contributed by atoms with Crippen molar-refractivity contribution in [2.75, 3.05) is 13.1 Å². The largest absolute Gasteiger partial charge is 0.317 e. The number of hydrogen-bond acceptors (Lipinski definition) is 2. The molecule has 0 atom stereocenters. The van der Waals surface area contributed by atoms with Crippen LogP contribution in [0, 0.1) is 0 Å². The highest BCUT2D eigenvalue weighted by atomic mass is 15.0. The third-order valence-corrected chi connectivity index (χ3v) is 1.98. The lowest BCUT2D eigenvalue weighted by molar-refractivity contribution is 0.304. The quantitative estimate of drug-likeness (QED) is 0.703. The normalized spacial score (nSPS) is 17.0. The van der Waals surface area contributed by atoms with Crippen molar-refractivity contribution in [1.82, 2.24) is 10.6 Å². The summed E-state index contributed by atoms with van der Waals surface area (Å²) in [6.45, 7) is 17.0. The molecular formula is C13H32N2. The van der Waals surface area contributed by atoms with Gasteiger partial charge in [0.2, 0.25) is 0 Å². The Morgan fingerprint density at radius 1 is 0.933 bits per heavy atom. The van der Waals surface area contributed by atoms with Crippen LogP contribution < -0.4 is 10.6 Å². The molecule has 0 aromatic rings. The number of hydrogen-bond donors (Lipinski definition) is 2. The highest BCUT2D eigenvalue weighted by Crippen LogP contribution is 2.08. The number of rotatable bonds is 1. The molecule has 0 amide bonds. The van der Waals surface area contributed by atoms with Gasteiger partial charge in [-0.3, -0.25) is 0 Å². The van der Waals surface area contributed by atoms with E-state index in [4.69, 9.17) is 0 Å². The third-order valence-electron chi connectivity index (χ3n) is 1.98. The predicted molar refractivity (Wildman–Crippen MR) is 71.5 cm³/mol. The van der Waals surface area contributed by atoms with Gasteiger partial charge >= 0.3 is 0 Å². The maximum absolute atomic E-state index is 3.62. The minimum absolute atomic E-state index is 0.280. The summed E-state index contributed by atoms with van der Waals surface area (Å²) in [5.74, 6) is 0. The average molecular weight is 216 g/mol. The van der Waals surface area contributed by atoms with Gasteiger partial charge in [-0.05, 0) is 46.7 Å². The zero-order valence-electron chi connectivity index (χ0n) is 11.9. The summed E-state index contributed by atoms with van der Waals surface area (Å²) in [6, 6.07) is 0.733. The van der Waals surface area contributed by atoms with Crippen LogP contribution in [0.1, 0.15) is 61.3 Å². The Hall–Kier alpha value is -0.0800. The van der Waals surface area contributed by atoms with Crippen molar-refractivity contribution in [3.63, 3.8) is 0 Å². The molecule has 1 saturated heterocycles. The van der Waals surface area contributed by atoms with Gasteiger partial charge in [0.05, 0.1) is 0 Å². The summed E-state index contributed by atoms with van der Waals surface area (Å²) in [5, 5.41) is 6.98. The van der Waals surface area contributed by atoms with E-state index in [0.717, 1.165) is 6.04 Å². The van der Waals surface area contributed by atoms with Crippen LogP contribution in [-0.2, 0) is 0 Å². The van der Waals surface area contributed by atoms with Gasteiger partial charge in [0.1, 0.15) is 0 Å². The van der Waals surface area contributed by atoms with Crippen molar-refractivity contribution in [2.45, 2.75) is 72.9 Å². The molecule has 0 aromatic heterocycles. The molecular weight excluding hydrogens is 184 g/mol. The van der Waals surface area contributed by atoms with Crippen LogP contribution >= 0.6 is 0 Å². The molecule has 2 nitrogen and oxygen atoms in total. The molecule has 15 heavy (non-hydrogen) atoms. The highest BCUT2D eigenvalue weighted by Gasteiger charge is 2.18. The SMILES string of the molecule is CC.CC.CC(C)(C)NC1CCNCC1. The van der Waals surface area contributed by atoms with Gasteiger partial charge in [0, 0.05) is 11.6 Å². The smallest absolute Gasteiger partial charge is 0.00991 e. The van der Waals surface area contributed by atoms with Crippen molar-refractivity contribution in [3.05, 3.63) is 0 Å². The maximum atomic E-state index is 3.62. The van der Waals surface area contributed by atoms with Crippen LogP contribution in [0.3, 0.4) is 0 Å². The van der Waals surface area contributed by atoms with Crippen LogP contribution in [0.25, 0.3) is 0 Å². The fourth-order valence-corrected chi connectivity index (χ4v) is 1.58. The molecule has 94 valence electrons. The van der Waals surface area contributed by atoms with Crippen molar-refractivity contribution in [1.29, 1.82) is 0 Å². The molecule has 2 N–H and O–H groups in total. The Kier molecular flexibility index (Phi) is 12.1. The van der Waals surface area contributed by atoms with Crippen LogP contribution in [0.15, 0.2) is 0 Å². The minimum atomic E-state index is 0.280. The lowest BCUT2D eigenvalue weighted by Gasteiger charge is -2.31. The van der Waals surface area contributed by atoms with Gasteiger partial charge < -0.3 is 10.6 Å². The summed E-state index contributed by atoms with van der Waals surface area (Å²) in [6.07, 6.45) is 2.55. The summed E-state index contributed by atoms with van der Waals surface area (Å²) in [5.41, 5.74) is 0.280. The van der Waals surface area contributed by atoms with Gasteiger partial charge in [-0.2, -0.15) is 0 Å². The number of nitrogens with one attached hydrogen (secondary N) is 2. The maximum Gasteiger partial charge on any atom is 0.00991 e. The molecule has 1 fully saturated rings. The lowest BCUT2D eigenvalue weighted by atomic mass is 10.0. The van der Waals surface area contributed by atoms with E-state index in [0.29, 0.717) is 0 Å². The van der Waals surface area contributed by atoms with Crippen molar-refractivity contribution in [3.8, 4) is 0 Å². The molecule has 1 aliphatic rings. The van der Waals surface area contributed by atoms with Gasteiger partial charge in [-0.15, -0.1) is 0 Å². The Balaban J connectivity index is 0. The molecule has 0 spiro atoms. The molecule has 1 heterocycles. The zero-order valence-corrected chi connectivity index (χ0v) is 11.9. The van der Waals surface area contributed by atoms with Crippen molar-refractivity contribution < 1.29 is 0 Å². The first kappa shape index (κ1) is 17.3. The molecule has 0 saturated carbocycles. The van der Waals surface area contributed by atoms with Gasteiger partial charge in [0.15, 0.2) is 0 Å². The highest BCUT2D eigenvalue weighted by molar-refractivity contribution is 4.81. The number of piperidine rings is 1. The van der Waals surface area contributed by atoms with E-state index in [-0.39, 0.29) is 5.54 Å². The minimum Gasteiger partial charge on any atom is -0.317 e. The zero-order chi connectivity index (χ0) is 12.3. The van der Waals surface area contributed by atoms with E-state index in [1.54, 1.807) is 0 Å². The van der Waals surface area contributed by atoms with Crippen molar-refractivity contribution >= 4 is 0 Å². The Labute approximate surface area is 97.2 Å². The second kappa shape index (κ2) is 10.4. The third kappa shape index (κ3) is 11.8. The van der Waals surface area contributed by atoms with E-state index >= 15 is 0 Å². The van der Waals surface area contributed by atoms with Crippen LogP contribution in [0.4, 0.5) is 0 Å². The van der Waals surface area contributed by atoms with E-state index in [1.807, 2.05) is 27.7 Å². The van der Waals surface area contributed by atoms with Crippen LogP contribution in [0.5, 0.6) is 0 Å². The fourth-order valence-electron chi connectivity index (χ4n) is 1.58. The molecule has 0 aromatic carbocycles. The summed E-state index contributed by atoms with van der Waals surface area (Å²) in [4.78, 5) is 0. The standard InChI is InChI=1S/C9H20N2.2C2H6/c1-9(2,3)11-8-4-6-10-7-5-8;2*1-2/h8,10-11H,4-7H2,1-3H3;2*1-2H3. The van der Waals surface area contributed by atoms with Crippen molar-refractivity contribution in [2.24, 2.45) is 0 Å². The van der Waals surface area contributed by atoms with Gasteiger partial charge in [-0.25, -0.2) is 0 Å². The monoisotopic (exact) mass is 216 g/mol. The Morgan fingerprint density at radius 2 is 1.33 bits per heavy atom. The summed E-state index contributed by atoms with van der Waals surface area (Å²) in [7, 11) is 0. The van der Waals surface area contributed by atoms with E-state index < -0.39 is 0 Å². The van der Waals surface area contributed by atoms with Gasteiger partial charge in [0.25, 0.3) is 0 Å². The first-order valence-electron chi connectivity index (χ1n) is 6.56. The summed E-state index contributed by atoms with van der Waals surface area (Å²) < 4.78 is 0. The second-order valence-electron chi connectivity index (χ2n) is 4.42. The molecule has 0 unspecified atom stereocenters. The first-order valence-corrected chi connectivity index (χ1v) is 6.56. The Morgan fingerprint density at radius 3 is 1.67 bits per heavy atom. The molecule has 0 aliphatic carbocycles. The topological polar surface area (TPSA) is 24.1 Å². The van der Waals surface area contributed by atoms with E-state index in [1.165, 1.54) is 25.9 Å². The average Bonchev–Trinajstić information content (AvgIpc) is 2.23. The van der Waals surface area contributed by atoms with E-state index in [2.05, 4.69) is 31.4 Å². The second-order valence-corrected chi connectivity index (χ2v) is 4.42. The van der Waals surface area contributed by atoms with Crippen LogP contribution in [-0.4, -0.2) is 24.7 Å². The Bertz CT molecular complexity index is 110. The van der Waals surface area contributed by atoms with Crippen LogP contribution in [0.2, 0.25) is 0 Å². The van der Waals surface area contributed by atoms with Gasteiger partial charge in [-0.1, -0.05) is 27.7 Å². The molecule has 1 aliphatic heterocycles. The summed E-state index contributed by atoms with van der Waals surface area (Å²) >= 11 is 0. The predicted octanol–water partition coefficient (Wildman–Crippen LogP) is 3.18. The fraction of sp³-hybridized carbons (Fsp3) is 1.00. The first-order chi connectivity index (χ1) is 7.08. The molecule has 0 radical (unpaired) electrons. The molecule has 0 bridgehead atoms. The van der Waals surface area contributed by atoms with E-state index in [9.17, 15) is 0 Å².